The smallest absolute Gasteiger partial charge is 0.337 e. The minimum absolute atomic E-state index is 0.0637. The van der Waals surface area contributed by atoms with Crippen LogP contribution in [0.3, 0.4) is 0 Å². The molecule has 0 unspecified atom stereocenters. The highest BCUT2D eigenvalue weighted by Crippen LogP contribution is 2.25. The number of likely N-dealkylation sites (tertiary alicyclic amines) is 1. The van der Waals surface area contributed by atoms with Crippen LogP contribution in [0, 0.1) is 13.8 Å². The van der Waals surface area contributed by atoms with Crippen LogP contribution in [0.1, 0.15) is 40.0 Å². The maximum atomic E-state index is 13.9. The summed E-state index contributed by atoms with van der Waals surface area (Å²) in [6.45, 7) is 5.09. The highest BCUT2D eigenvalue weighted by atomic mass is 16.5. The zero-order valence-corrected chi connectivity index (χ0v) is 20.7. The maximum absolute atomic E-state index is 13.9. The average molecular weight is 485 g/mol. The topological polar surface area (TPSA) is 86.4 Å². The maximum Gasteiger partial charge on any atom is 0.337 e. The Morgan fingerprint density at radius 3 is 2.39 bits per heavy atom. The van der Waals surface area contributed by atoms with Crippen molar-refractivity contribution in [2.45, 2.75) is 33.2 Å². The lowest BCUT2D eigenvalue weighted by molar-refractivity contribution is 0.0794. The molecule has 0 aliphatic carbocycles. The van der Waals surface area contributed by atoms with E-state index in [-0.39, 0.29) is 29.0 Å². The molecule has 0 saturated carbocycles. The fourth-order valence-corrected chi connectivity index (χ4v) is 4.77. The lowest BCUT2D eigenvalue weighted by Crippen LogP contribution is -2.41. The molecule has 0 N–H and O–H groups in total. The van der Waals surface area contributed by atoms with Crippen molar-refractivity contribution in [2.75, 3.05) is 20.2 Å². The first-order valence-corrected chi connectivity index (χ1v) is 12.0. The van der Waals surface area contributed by atoms with Gasteiger partial charge in [0.05, 0.1) is 30.3 Å². The molecule has 0 atom stereocenters. The van der Waals surface area contributed by atoms with Crippen LogP contribution in [0.25, 0.3) is 16.7 Å². The van der Waals surface area contributed by atoms with Crippen LogP contribution in [-0.4, -0.2) is 45.1 Å². The molecule has 1 aliphatic heterocycles. The fourth-order valence-electron chi connectivity index (χ4n) is 4.77. The number of fused-ring (bicyclic) bond motifs is 1. The largest absolute Gasteiger partial charge is 0.495 e. The highest BCUT2D eigenvalue weighted by molar-refractivity contribution is 6.05. The summed E-state index contributed by atoms with van der Waals surface area (Å²) in [4.78, 5) is 47.8. The van der Waals surface area contributed by atoms with Crippen LogP contribution in [0.2, 0.25) is 0 Å². The lowest BCUT2D eigenvalue weighted by Gasteiger charge is -2.20. The molecule has 36 heavy (non-hydrogen) atoms. The molecule has 2 aromatic carbocycles. The van der Waals surface area contributed by atoms with Gasteiger partial charge in [-0.2, -0.15) is 0 Å². The van der Waals surface area contributed by atoms with Gasteiger partial charge in [-0.3, -0.25) is 14.2 Å². The van der Waals surface area contributed by atoms with Crippen molar-refractivity contribution in [3.05, 3.63) is 97.8 Å². The first-order valence-electron chi connectivity index (χ1n) is 12.0. The summed E-state index contributed by atoms with van der Waals surface area (Å²) in [5, 5.41) is 0.134. The number of carbonyl (C=O) groups is 1. The van der Waals surface area contributed by atoms with E-state index in [0.29, 0.717) is 30.2 Å². The van der Waals surface area contributed by atoms with Crippen LogP contribution in [0.5, 0.6) is 5.75 Å². The summed E-state index contributed by atoms with van der Waals surface area (Å²) in [6, 6.07) is 16.4. The fraction of sp³-hybridized carbons (Fsp3) is 0.286. The summed E-state index contributed by atoms with van der Waals surface area (Å²) in [5.41, 5.74) is 2.22. The van der Waals surface area contributed by atoms with Crippen molar-refractivity contribution in [3.8, 4) is 11.4 Å². The van der Waals surface area contributed by atoms with Crippen LogP contribution in [0.4, 0.5) is 0 Å². The number of nitrogens with zero attached hydrogens (tertiary/aromatic N) is 4. The van der Waals surface area contributed by atoms with E-state index in [0.717, 1.165) is 24.0 Å². The minimum Gasteiger partial charge on any atom is -0.495 e. The van der Waals surface area contributed by atoms with E-state index in [2.05, 4.69) is 4.98 Å². The van der Waals surface area contributed by atoms with E-state index in [1.54, 1.807) is 42.2 Å². The zero-order chi connectivity index (χ0) is 25.4. The van der Waals surface area contributed by atoms with Crippen molar-refractivity contribution in [1.82, 2.24) is 19.0 Å². The van der Waals surface area contributed by atoms with Gasteiger partial charge in [-0.05, 0) is 50.5 Å². The molecular weight excluding hydrogens is 456 g/mol. The van der Waals surface area contributed by atoms with Crippen LogP contribution >= 0.6 is 0 Å². The van der Waals surface area contributed by atoms with Gasteiger partial charge in [-0.1, -0.05) is 42.0 Å². The number of aromatic nitrogens is 3. The molecule has 8 nitrogen and oxygen atoms in total. The molecule has 4 aromatic rings. The van der Waals surface area contributed by atoms with Gasteiger partial charge in [-0.25, -0.2) is 14.3 Å². The molecule has 3 heterocycles. The molecule has 0 radical (unpaired) electrons. The predicted octanol–water partition coefficient (Wildman–Crippen LogP) is 3.46. The molecule has 5 rings (SSSR count). The summed E-state index contributed by atoms with van der Waals surface area (Å²) >= 11 is 0. The van der Waals surface area contributed by atoms with Crippen molar-refractivity contribution >= 4 is 16.9 Å². The summed E-state index contributed by atoms with van der Waals surface area (Å²) in [5.74, 6) is 0.240. The number of hydrogen-bond donors (Lipinski definition) is 0. The third-order valence-electron chi connectivity index (χ3n) is 6.63. The zero-order valence-electron chi connectivity index (χ0n) is 20.7. The number of rotatable bonds is 5. The number of para-hydroxylation sites is 2. The Labute approximate surface area is 208 Å². The van der Waals surface area contributed by atoms with Gasteiger partial charge in [0, 0.05) is 18.8 Å². The molecule has 1 aliphatic rings. The number of aryl methyl sites for hydroxylation is 2. The highest BCUT2D eigenvalue weighted by Gasteiger charge is 2.27. The summed E-state index contributed by atoms with van der Waals surface area (Å²) in [6.07, 6.45) is 1.86. The Morgan fingerprint density at radius 1 is 1.00 bits per heavy atom. The van der Waals surface area contributed by atoms with Gasteiger partial charge in [-0.15, -0.1) is 0 Å². The number of benzene rings is 2. The molecule has 1 saturated heterocycles. The average Bonchev–Trinajstić information content (AvgIpc) is 3.42. The lowest BCUT2D eigenvalue weighted by atomic mass is 10.1. The Hall–Kier alpha value is -4.20. The molecule has 1 amide bonds. The van der Waals surface area contributed by atoms with E-state index in [1.807, 2.05) is 31.2 Å². The molecule has 1 fully saturated rings. The first kappa shape index (κ1) is 23.5. The van der Waals surface area contributed by atoms with Crippen LogP contribution in [-0.2, 0) is 6.54 Å². The van der Waals surface area contributed by atoms with E-state index < -0.39 is 11.2 Å². The Morgan fingerprint density at radius 2 is 1.69 bits per heavy atom. The SMILES string of the molecule is COc1ccccc1-n1c(=O)n(Cc2ccc(C)cc2)c(=O)c2c(C(=O)N3CCCC3)cc(C)nc21. The van der Waals surface area contributed by atoms with Gasteiger partial charge in [0.25, 0.3) is 11.5 Å². The van der Waals surface area contributed by atoms with E-state index in [9.17, 15) is 14.4 Å². The number of carbonyl (C=O) groups excluding carboxylic acids is 1. The van der Waals surface area contributed by atoms with Gasteiger partial charge in [0.1, 0.15) is 5.75 Å². The minimum atomic E-state index is -0.546. The van der Waals surface area contributed by atoms with Crippen molar-refractivity contribution in [2.24, 2.45) is 0 Å². The third-order valence-corrected chi connectivity index (χ3v) is 6.63. The second kappa shape index (κ2) is 9.45. The number of hydrogen-bond acceptors (Lipinski definition) is 5. The van der Waals surface area contributed by atoms with E-state index >= 15 is 0 Å². The molecule has 8 heteroatoms. The molecule has 184 valence electrons. The Kier molecular flexibility index (Phi) is 6.18. The van der Waals surface area contributed by atoms with Crippen molar-refractivity contribution in [3.63, 3.8) is 0 Å². The van der Waals surface area contributed by atoms with Gasteiger partial charge < -0.3 is 9.64 Å². The standard InChI is InChI=1S/C28H28N4O4/c1-18-10-12-20(13-11-18)17-31-27(34)24-21(26(33)30-14-6-7-15-30)16-19(2)29-25(24)32(28(31)35)22-8-4-5-9-23(22)36-3/h4-5,8-13,16H,6-7,14-15,17H2,1-3H3. The van der Waals surface area contributed by atoms with Crippen molar-refractivity contribution in [1.29, 1.82) is 0 Å². The second-order valence-electron chi connectivity index (χ2n) is 9.18. The van der Waals surface area contributed by atoms with Crippen LogP contribution in [0.15, 0.2) is 64.2 Å². The molecule has 0 bridgehead atoms. The quantitative estimate of drug-likeness (QED) is 0.433. The van der Waals surface area contributed by atoms with Crippen molar-refractivity contribution < 1.29 is 9.53 Å². The summed E-state index contributed by atoms with van der Waals surface area (Å²) in [7, 11) is 1.52. The number of methoxy groups -OCH3 is 1. The normalized spacial score (nSPS) is 13.4. The summed E-state index contributed by atoms with van der Waals surface area (Å²) < 4.78 is 8.11. The Balaban J connectivity index is 1.86. The van der Waals surface area contributed by atoms with Gasteiger partial charge in [0.2, 0.25) is 0 Å². The molecule has 0 spiro atoms. The van der Waals surface area contributed by atoms with Gasteiger partial charge >= 0.3 is 5.69 Å². The number of pyridine rings is 1. The number of amides is 1. The molecular formula is C28H28N4O4. The van der Waals surface area contributed by atoms with Crippen LogP contribution < -0.4 is 16.0 Å². The van der Waals surface area contributed by atoms with E-state index in [4.69, 9.17) is 4.74 Å². The second-order valence-corrected chi connectivity index (χ2v) is 9.18. The predicted molar refractivity (Wildman–Crippen MR) is 138 cm³/mol. The monoisotopic (exact) mass is 484 g/mol. The number of ether oxygens (including phenoxy) is 1. The molecule has 2 aromatic heterocycles. The Bertz CT molecular complexity index is 1580. The third kappa shape index (κ3) is 4.08. The van der Waals surface area contributed by atoms with E-state index in [1.165, 1.54) is 16.2 Å². The first-order chi connectivity index (χ1) is 17.4. The van der Waals surface area contributed by atoms with Gasteiger partial charge in [0.15, 0.2) is 5.65 Å².